The highest BCUT2D eigenvalue weighted by molar-refractivity contribution is 6.04. The highest BCUT2D eigenvalue weighted by Gasteiger charge is 2.10. The Kier molecular flexibility index (Phi) is 4.87. The Hall–Kier alpha value is -2.43. The number of nitrogens with one attached hydrogen (secondary N) is 2. The summed E-state index contributed by atoms with van der Waals surface area (Å²) >= 11 is 0. The first-order valence-corrected chi connectivity index (χ1v) is 7.05. The summed E-state index contributed by atoms with van der Waals surface area (Å²) in [7, 11) is 1.79. The van der Waals surface area contributed by atoms with E-state index in [-0.39, 0.29) is 5.91 Å². The first-order chi connectivity index (χ1) is 10.1. The summed E-state index contributed by atoms with van der Waals surface area (Å²) in [5.41, 5.74) is 2.55. The van der Waals surface area contributed by atoms with Crippen LogP contribution >= 0.6 is 0 Å². The number of carbonyl (C=O) groups excluding carboxylic acids is 1. The second-order valence-electron chi connectivity index (χ2n) is 4.91. The van der Waals surface area contributed by atoms with Gasteiger partial charge in [0.25, 0.3) is 5.91 Å². The van der Waals surface area contributed by atoms with E-state index in [0.717, 1.165) is 24.1 Å². The summed E-state index contributed by atoms with van der Waals surface area (Å²) < 4.78 is 0. The minimum Gasteiger partial charge on any atom is -0.373 e. The molecule has 0 bridgehead atoms. The number of amides is 1. The molecule has 0 spiro atoms. The van der Waals surface area contributed by atoms with Crippen LogP contribution in [0.3, 0.4) is 0 Å². The molecule has 0 unspecified atom stereocenters. The minimum absolute atomic E-state index is 0.178. The Morgan fingerprint density at radius 2 is 2.05 bits per heavy atom. The molecule has 2 N–H and O–H groups in total. The van der Waals surface area contributed by atoms with E-state index in [1.807, 2.05) is 19.1 Å². The molecular weight excluding hydrogens is 264 g/mol. The molecule has 5 nitrogen and oxygen atoms in total. The largest absolute Gasteiger partial charge is 0.373 e. The van der Waals surface area contributed by atoms with Crippen molar-refractivity contribution >= 4 is 17.5 Å². The Morgan fingerprint density at radius 1 is 1.24 bits per heavy atom. The normalized spacial score (nSPS) is 10.2. The number of hydrogen-bond donors (Lipinski definition) is 2. The van der Waals surface area contributed by atoms with Crippen molar-refractivity contribution < 1.29 is 4.79 Å². The molecule has 0 aliphatic carbocycles. The van der Waals surface area contributed by atoms with Crippen LogP contribution in [0.2, 0.25) is 0 Å². The van der Waals surface area contributed by atoms with Gasteiger partial charge in [0, 0.05) is 24.5 Å². The number of aryl methyl sites for hydroxylation is 2. The molecule has 0 aromatic carbocycles. The van der Waals surface area contributed by atoms with Crippen molar-refractivity contribution in [3.63, 3.8) is 0 Å². The third-order valence-corrected chi connectivity index (χ3v) is 3.06. The maximum Gasteiger partial charge on any atom is 0.257 e. The van der Waals surface area contributed by atoms with Crippen molar-refractivity contribution in [3.8, 4) is 0 Å². The zero-order valence-electron chi connectivity index (χ0n) is 12.6. The van der Waals surface area contributed by atoms with Crippen LogP contribution in [0.25, 0.3) is 0 Å². The molecule has 5 heteroatoms. The molecule has 0 saturated carbocycles. The quantitative estimate of drug-likeness (QED) is 0.885. The second kappa shape index (κ2) is 6.83. The van der Waals surface area contributed by atoms with Crippen molar-refractivity contribution in [2.24, 2.45) is 0 Å². The average molecular weight is 284 g/mol. The van der Waals surface area contributed by atoms with Gasteiger partial charge in [0.15, 0.2) is 0 Å². The van der Waals surface area contributed by atoms with Gasteiger partial charge in [0.1, 0.15) is 11.6 Å². The summed E-state index contributed by atoms with van der Waals surface area (Å²) in [5.74, 6) is 1.07. The fraction of sp³-hybridized carbons (Fsp3) is 0.312. The van der Waals surface area contributed by atoms with E-state index >= 15 is 0 Å². The Labute approximate surface area is 124 Å². The summed E-state index contributed by atoms with van der Waals surface area (Å²) in [5, 5.41) is 5.79. The van der Waals surface area contributed by atoms with E-state index in [2.05, 4.69) is 27.5 Å². The fourth-order valence-corrected chi connectivity index (χ4v) is 1.96. The number of nitrogens with zero attached hydrogens (tertiary/aromatic N) is 2. The summed E-state index contributed by atoms with van der Waals surface area (Å²) in [6.07, 6.45) is 3.56. The van der Waals surface area contributed by atoms with Crippen LogP contribution in [0.4, 0.5) is 11.6 Å². The van der Waals surface area contributed by atoms with Gasteiger partial charge in [0.2, 0.25) is 0 Å². The van der Waals surface area contributed by atoms with Crippen molar-refractivity contribution in [2.45, 2.75) is 26.7 Å². The standard InChI is InChI=1S/C16H20N4O/c1-4-5-13-8-12(9-15(17-3)19-13)16(21)20-14-7-6-11(2)10-18-14/h6-10H,4-5H2,1-3H3,(H,17,19)(H,18,20,21). The molecule has 21 heavy (non-hydrogen) atoms. The highest BCUT2D eigenvalue weighted by Crippen LogP contribution is 2.14. The predicted octanol–water partition coefficient (Wildman–Crippen LogP) is 3.03. The van der Waals surface area contributed by atoms with E-state index in [0.29, 0.717) is 17.2 Å². The zero-order chi connectivity index (χ0) is 15.2. The van der Waals surface area contributed by atoms with E-state index in [9.17, 15) is 4.79 Å². The van der Waals surface area contributed by atoms with Gasteiger partial charge in [-0.3, -0.25) is 4.79 Å². The van der Waals surface area contributed by atoms with Gasteiger partial charge >= 0.3 is 0 Å². The molecule has 2 aromatic rings. The SMILES string of the molecule is CCCc1cc(C(=O)Nc2ccc(C)cn2)cc(NC)n1. The molecular formula is C16H20N4O. The lowest BCUT2D eigenvalue weighted by Gasteiger charge is -2.09. The highest BCUT2D eigenvalue weighted by atomic mass is 16.1. The van der Waals surface area contributed by atoms with Crippen LogP contribution in [-0.4, -0.2) is 22.9 Å². The molecule has 0 saturated heterocycles. The lowest BCUT2D eigenvalue weighted by molar-refractivity contribution is 0.102. The van der Waals surface area contributed by atoms with Crippen LogP contribution in [0.5, 0.6) is 0 Å². The molecule has 2 rings (SSSR count). The Morgan fingerprint density at radius 3 is 2.67 bits per heavy atom. The molecule has 0 atom stereocenters. The zero-order valence-corrected chi connectivity index (χ0v) is 12.6. The topological polar surface area (TPSA) is 66.9 Å². The monoisotopic (exact) mass is 284 g/mol. The number of hydrogen-bond acceptors (Lipinski definition) is 4. The second-order valence-corrected chi connectivity index (χ2v) is 4.91. The van der Waals surface area contributed by atoms with Crippen LogP contribution < -0.4 is 10.6 Å². The van der Waals surface area contributed by atoms with Crippen LogP contribution in [-0.2, 0) is 6.42 Å². The third kappa shape index (κ3) is 4.02. The van der Waals surface area contributed by atoms with Crippen molar-refractivity contribution in [1.82, 2.24) is 9.97 Å². The maximum absolute atomic E-state index is 12.3. The van der Waals surface area contributed by atoms with E-state index in [4.69, 9.17) is 0 Å². The first-order valence-electron chi connectivity index (χ1n) is 7.05. The smallest absolute Gasteiger partial charge is 0.257 e. The van der Waals surface area contributed by atoms with Crippen LogP contribution in [0.1, 0.15) is 35.0 Å². The van der Waals surface area contributed by atoms with Crippen LogP contribution in [0.15, 0.2) is 30.5 Å². The van der Waals surface area contributed by atoms with Crippen molar-refractivity contribution in [2.75, 3.05) is 17.7 Å². The number of carbonyl (C=O) groups is 1. The average Bonchev–Trinajstić information content (AvgIpc) is 2.49. The molecule has 0 aliphatic rings. The molecule has 0 fully saturated rings. The predicted molar refractivity (Wildman–Crippen MR) is 84.7 cm³/mol. The van der Waals surface area contributed by atoms with Gasteiger partial charge in [-0.15, -0.1) is 0 Å². The number of rotatable bonds is 5. The van der Waals surface area contributed by atoms with Gasteiger partial charge in [0.05, 0.1) is 0 Å². The number of anilines is 2. The van der Waals surface area contributed by atoms with Gasteiger partial charge in [-0.2, -0.15) is 0 Å². The van der Waals surface area contributed by atoms with Gasteiger partial charge in [-0.25, -0.2) is 9.97 Å². The molecule has 0 aliphatic heterocycles. The molecule has 0 radical (unpaired) electrons. The summed E-state index contributed by atoms with van der Waals surface area (Å²) in [6.45, 7) is 4.04. The minimum atomic E-state index is -0.178. The fourth-order valence-electron chi connectivity index (χ4n) is 1.96. The van der Waals surface area contributed by atoms with Gasteiger partial charge < -0.3 is 10.6 Å². The third-order valence-electron chi connectivity index (χ3n) is 3.06. The Balaban J connectivity index is 2.21. The molecule has 2 aromatic heterocycles. The van der Waals surface area contributed by atoms with E-state index < -0.39 is 0 Å². The molecule has 1 amide bonds. The van der Waals surface area contributed by atoms with Gasteiger partial charge in [-0.1, -0.05) is 19.4 Å². The molecule has 2 heterocycles. The lowest BCUT2D eigenvalue weighted by atomic mass is 10.1. The van der Waals surface area contributed by atoms with Crippen molar-refractivity contribution in [3.05, 3.63) is 47.3 Å². The summed E-state index contributed by atoms with van der Waals surface area (Å²) in [4.78, 5) is 20.9. The molecule has 110 valence electrons. The lowest BCUT2D eigenvalue weighted by Crippen LogP contribution is -2.14. The van der Waals surface area contributed by atoms with Crippen molar-refractivity contribution in [1.29, 1.82) is 0 Å². The van der Waals surface area contributed by atoms with E-state index in [1.54, 1.807) is 25.4 Å². The summed E-state index contributed by atoms with van der Waals surface area (Å²) in [6, 6.07) is 7.27. The number of pyridine rings is 2. The Bertz CT molecular complexity index is 623. The van der Waals surface area contributed by atoms with Gasteiger partial charge in [-0.05, 0) is 37.1 Å². The maximum atomic E-state index is 12.3. The van der Waals surface area contributed by atoms with E-state index in [1.165, 1.54) is 0 Å². The first kappa shape index (κ1) is 15.0. The van der Waals surface area contributed by atoms with Crippen LogP contribution in [0, 0.1) is 6.92 Å². The number of aromatic nitrogens is 2.